The van der Waals surface area contributed by atoms with Gasteiger partial charge in [0.15, 0.2) is 11.6 Å². The maximum Gasteiger partial charge on any atom is 0.185 e. The van der Waals surface area contributed by atoms with E-state index in [0.29, 0.717) is 11.3 Å². The Bertz CT molecular complexity index is 427. The van der Waals surface area contributed by atoms with Gasteiger partial charge in [0, 0.05) is 11.5 Å². The van der Waals surface area contributed by atoms with E-state index in [1.54, 1.807) is 45.2 Å². The molecule has 1 aromatic carbocycles. The highest BCUT2D eigenvalue weighted by Crippen LogP contribution is 2.12. The minimum absolute atomic E-state index is 0.0492. The van der Waals surface area contributed by atoms with Gasteiger partial charge in [-0.2, -0.15) is 0 Å². The summed E-state index contributed by atoms with van der Waals surface area (Å²) in [5.74, 6) is 0.382. The highest BCUT2D eigenvalue weighted by atomic mass is 16.5. The average Bonchev–Trinajstić information content (AvgIpc) is 2.35. The van der Waals surface area contributed by atoms with Gasteiger partial charge in [-0.3, -0.25) is 9.59 Å². The molecule has 0 aliphatic heterocycles. The summed E-state index contributed by atoms with van der Waals surface area (Å²) in [6, 6.07) is 6.77. The molecule has 1 aromatic rings. The highest BCUT2D eigenvalue weighted by Gasteiger charge is 2.05. The van der Waals surface area contributed by atoms with Crippen molar-refractivity contribution >= 4 is 11.6 Å². The maximum atomic E-state index is 11.7. The smallest absolute Gasteiger partial charge is 0.185 e. The van der Waals surface area contributed by atoms with Crippen LogP contribution >= 0.6 is 0 Å². The first kappa shape index (κ1) is 13.2. The van der Waals surface area contributed by atoms with Crippen molar-refractivity contribution in [2.75, 3.05) is 7.11 Å². The van der Waals surface area contributed by atoms with E-state index in [4.69, 9.17) is 4.74 Å². The van der Waals surface area contributed by atoms with E-state index in [1.165, 1.54) is 12.2 Å². The number of ether oxygens (including phenoxy) is 1. The highest BCUT2D eigenvalue weighted by molar-refractivity contribution is 6.08. The monoisotopic (exact) mass is 232 g/mol. The minimum atomic E-state index is -0.179. The number of methoxy groups -OCH3 is 1. The number of carbonyl (C=O) groups is 2. The van der Waals surface area contributed by atoms with E-state index in [9.17, 15) is 9.59 Å². The third-order valence-corrected chi connectivity index (χ3v) is 2.34. The van der Waals surface area contributed by atoms with Crippen LogP contribution in [0.3, 0.4) is 0 Å². The zero-order valence-corrected chi connectivity index (χ0v) is 10.3. The second-order valence-electron chi connectivity index (χ2n) is 3.98. The summed E-state index contributed by atoms with van der Waals surface area (Å²) in [5, 5.41) is 0. The number of benzene rings is 1. The molecule has 0 fully saturated rings. The van der Waals surface area contributed by atoms with Crippen molar-refractivity contribution in [2.24, 2.45) is 5.92 Å². The van der Waals surface area contributed by atoms with Gasteiger partial charge >= 0.3 is 0 Å². The van der Waals surface area contributed by atoms with Gasteiger partial charge in [0.25, 0.3) is 0 Å². The lowest BCUT2D eigenvalue weighted by molar-refractivity contribution is -0.117. The molecule has 0 heterocycles. The van der Waals surface area contributed by atoms with Crippen molar-refractivity contribution in [3.63, 3.8) is 0 Å². The predicted molar refractivity (Wildman–Crippen MR) is 66.3 cm³/mol. The molecule has 0 spiro atoms. The SMILES string of the molecule is COc1ccc(C(=O)/C=C/C(=O)C(C)C)cc1. The van der Waals surface area contributed by atoms with Crippen LogP contribution in [0.4, 0.5) is 0 Å². The average molecular weight is 232 g/mol. The van der Waals surface area contributed by atoms with E-state index >= 15 is 0 Å². The molecular formula is C14H16O3. The lowest BCUT2D eigenvalue weighted by Crippen LogP contribution is -2.04. The molecule has 0 N–H and O–H groups in total. The maximum absolute atomic E-state index is 11.7. The number of hydrogen-bond donors (Lipinski definition) is 0. The third-order valence-electron chi connectivity index (χ3n) is 2.34. The molecule has 0 saturated heterocycles. The number of allylic oxidation sites excluding steroid dienone is 2. The van der Waals surface area contributed by atoms with Crippen LogP contribution in [-0.2, 0) is 4.79 Å². The van der Waals surface area contributed by atoms with Crippen molar-refractivity contribution in [3.05, 3.63) is 42.0 Å². The van der Waals surface area contributed by atoms with Crippen molar-refractivity contribution in [2.45, 2.75) is 13.8 Å². The molecular weight excluding hydrogens is 216 g/mol. The first-order valence-corrected chi connectivity index (χ1v) is 5.45. The van der Waals surface area contributed by atoms with Crippen LogP contribution in [0.25, 0.3) is 0 Å². The van der Waals surface area contributed by atoms with Crippen LogP contribution in [0, 0.1) is 5.92 Å². The normalized spacial score (nSPS) is 10.8. The Hall–Kier alpha value is -1.90. The Morgan fingerprint density at radius 1 is 1.12 bits per heavy atom. The van der Waals surface area contributed by atoms with E-state index in [0.717, 1.165) is 0 Å². The van der Waals surface area contributed by atoms with Crippen LogP contribution in [-0.4, -0.2) is 18.7 Å². The summed E-state index contributed by atoms with van der Waals surface area (Å²) >= 11 is 0. The van der Waals surface area contributed by atoms with Crippen molar-refractivity contribution in [1.29, 1.82) is 0 Å². The molecule has 90 valence electrons. The van der Waals surface area contributed by atoms with Crippen LogP contribution in [0.1, 0.15) is 24.2 Å². The molecule has 17 heavy (non-hydrogen) atoms. The summed E-state index contributed by atoms with van der Waals surface area (Å²) < 4.78 is 5.00. The molecule has 0 aliphatic carbocycles. The second kappa shape index (κ2) is 5.99. The molecule has 0 bridgehead atoms. The van der Waals surface area contributed by atoms with Crippen molar-refractivity contribution in [1.82, 2.24) is 0 Å². The number of hydrogen-bond acceptors (Lipinski definition) is 3. The molecule has 1 rings (SSSR count). The van der Waals surface area contributed by atoms with E-state index < -0.39 is 0 Å². The standard InChI is InChI=1S/C14H16O3/c1-10(2)13(15)8-9-14(16)11-4-6-12(17-3)7-5-11/h4-10H,1-3H3/b9-8+. The minimum Gasteiger partial charge on any atom is -0.497 e. The van der Waals surface area contributed by atoms with Gasteiger partial charge in [0.05, 0.1) is 7.11 Å². The summed E-state index contributed by atoms with van der Waals surface area (Å²) in [5.41, 5.74) is 0.540. The summed E-state index contributed by atoms with van der Waals surface area (Å²) in [6.07, 6.45) is 2.64. The molecule has 0 aliphatic rings. The number of carbonyl (C=O) groups excluding carboxylic acids is 2. The number of ketones is 2. The van der Waals surface area contributed by atoms with E-state index in [2.05, 4.69) is 0 Å². The summed E-state index contributed by atoms with van der Waals surface area (Å²) in [7, 11) is 1.57. The van der Waals surface area contributed by atoms with Gasteiger partial charge in [0.1, 0.15) is 5.75 Å². The molecule has 0 amide bonds. The van der Waals surface area contributed by atoms with Gasteiger partial charge < -0.3 is 4.74 Å². The van der Waals surface area contributed by atoms with Gasteiger partial charge in [-0.1, -0.05) is 13.8 Å². The first-order valence-electron chi connectivity index (χ1n) is 5.45. The molecule has 0 unspecified atom stereocenters. The molecule has 3 heteroatoms. The Kier molecular flexibility index (Phi) is 4.64. The fourth-order valence-electron chi connectivity index (χ4n) is 1.20. The van der Waals surface area contributed by atoms with Crippen molar-refractivity contribution in [3.8, 4) is 5.75 Å². The predicted octanol–water partition coefficient (Wildman–Crippen LogP) is 2.66. The van der Waals surface area contributed by atoms with Gasteiger partial charge in [-0.15, -0.1) is 0 Å². The number of rotatable bonds is 5. The Morgan fingerprint density at radius 3 is 2.18 bits per heavy atom. The third kappa shape index (κ3) is 3.87. The zero-order chi connectivity index (χ0) is 12.8. The van der Waals surface area contributed by atoms with Crippen LogP contribution in [0.2, 0.25) is 0 Å². The Balaban J connectivity index is 2.73. The molecule has 0 radical (unpaired) electrons. The Morgan fingerprint density at radius 2 is 1.71 bits per heavy atom. The van der Waals surface area contributed by atoms with Crippen LogP contribution in [0.15, 0.2) is 36.4 Å². The van der Waals surface area contributed by atoms with Crippen LogP contribution in [0.5, 0.6) is 5.75 Å². The van der Waals surface area contributed by atoms with Crippen molar-refractivity contribution < 1.29 is 14.3 Å². The van der Waals surface area contributed by atoms with Gasteiger partial charge in [-0.05, 0) is 36.4 Å². The van der Waals surface area contributed by atoms with E-state index in [-0.39, 0.29) is 17.5 Å². The van der Waals surface area contributed by atoms with Gasteiger partial charge in [-0.25, -0.2) is 0 Å². The van der Waals surface area contributed by atoms with Gasteiger partial charge in [0.2, 0.25) is 0 Å². The fraction of sp³-hybridized carbons (Fsp3) is 0.286. The topological polar surface area (TPSA) is 43.4 Å². The molecule has 0 aromatic heterocycles. The lowest BCUT2D eigenvalue weighted by Gasteiger charge is -2.00. The largest absolute Gasteiger partial charge is 0.497 e. The summed E-state index contributed by atoms with van der Waals surface area (Å²) in [6.45, 7) is 3.59. The molecule has 3 nitrogen and oxygen atoms in total. The quantitative estimate of drug-likeness (QED) is 0.579. The van der Waals surface area contributed by atoms with Crippen LogP contribution < -0.4 is 4.74 Å². The molecule has 0 saturated carbocycles. The molecule has 0 atom stereocenters. The lowest BCUT2D eigenvalue weighted by atomic mass is 10.1. The summed E-state index contributed by atoms with van der Waals surface area (Å²) in [4.78, 5) is 23.0. The first-order chi connectivity index (χ1) is 8.04. The second-order valence-corrected chi connectivity index (χ2v) is 3.98. The van der Waals surface area contributed by atoms with E-state index in [1.807, 2.05) is 0 Å². The fourth-order valence-corrected chi connectivity index (χ4v) is 1.20. The zero-order valence-electron chi connectivity index (χ0n) is 10.3. The Labute approximate surface area is 101 Å².